The van der Waals surface area contributed by atoms with Crippen LogP contribution in [0.2, 0.25) is 10.0 Å². The Kier molecular flexibility index (Phi) is 10.5. The summed E-state index contributed by atoms with van der Waals surface area (Å²) in [5.74, 6) is -0.707. The van der Waals surface area contributed by atoms with Crippen molar-refractivity contribution in [2.45, 2.75) is 70.5 Å². The van der Waals surface area contributed by atoms with Gasteiger partial charge >= 0.3 is 0 Å². The predicted molar refractivity (Wildman–Crippen MR) is 166 cm³/mol. The minimum atomic E-state index is -4.14. The summed E-state index contributed by atoms with van der Waals surface area (Å²) in [6.07, 6.45) is 0. The largest absolute Gasteiger partial charge is 0.350 e. The third kappa shape index (κ3) is 8.47. The maximum absolute atomic E-state index is 14.0. The summed E-state index contributed by atoms with van der Waals surface area (Å²) < 4.78 is 28.9. The van der Waals surface area contributed by atoms with Crippen LogP contribution in [0.1, 0.15) is 58.6 Å². The molecule has 3 aromatic rings. The average molecular weight is 619 g/mol. The number of rotatable bonds is 10. The van der Waals surface area contributed by atoms with E-state index in [1.165, 1.54) is 17.0 Å². The van der Waals surface area contributed by atoms with Crippen LogP contribution in [0.25, 0.3) is 0 Å². The van der Waals surface area contributed by atoms with Gasteiger partial charge in [0.1, 0.15) is 12.6 Å². The Balaban J connectivity index is 2.06. The van der Waals surface area contributed by atoms with E-state index in [1.807, 2.05) is 46.8 Å². The second-order valence-corrected chi connectivity index (χ2v) is 13.9. The standard InChI is InChI=1S/C31H37Cl2N3O4S/c1-21(2)23-13-16-26(17-14-23)36(41(39,40)27-10-8-7-9-11-27)20-29(37)35(22(3)30(38)34-31(4,5)6)19-24-12-15-25(32)18-28(24)33/h7-18,21-22H,19-20H2,1-6H3,(H,34,38). The van der Waals surface area contributed by atoms with E-state index < -0.39 is 34.1 Å². The Bertz CT molecular complexity index is 1470. The summed E-state index contributed by atoms with van der Waals surface area (Å²) in [6.45, 7) is 10.7. The summed E-state index contributed by atoms with van der Waals surface area (Å²) in [4.78, 5) is 28.7. The van der Waals surface area contributed by atoms with Crippen molar-refractivity contribution in [1.29, 1.82) is 0 Å². The van der Waals surface area contributed by atoms with Crippen molar-refractivity contribution in [1.82, 2.24) is 10.2 Å². The van der Waals surface area contributed by atoms with E-state index in [0.717, 1.165) is 9.87 Å². The zero-order valence-electron chi connectivity index (χ0n) is 24.2. The summed E-state index contributed by atoms with van der Waals surface area (Å²) in [6, 6.07) is 19.0. The van der Waals surface area contributed by atoms with E-state index in [0.29, 0.717) is 21.3 Å². The molecule has 220 valence electrons. The molecule has 0 fully saturated rings. The number of hydrogen-bond acceptors (Lipinski definition) is 4. The molecule has 0 heterocycles. The average Bonchev–Trinajstić information content (AvgIpc) is 2.90. The Morgan fingerprint density at radius 1 is 0.902 bits per heavy atom. The van der Waals surface area contributed by atoms with Crippen LogP contribution in [0.3, 0.4) is 0 Å². The number of anilines is 1. The summed E-state index contributed by atoms with van der Waals surface area (Å²) >= 11 is 12.5. The Labute approximate surface area is 253 Å². The molecule has 1 N–H and O–H groups in total. The molecule has 7 nitrogen and oxygen atoms in total. The molecule has 0 aliphatic carbocycles. The highest BCUT2D eigenvalue weighted by molar-refractivity contribution is 7.92. The van der Waals surface area contributed by atoms with Gasteiger partial charge in [-0.05, 0) is 81.1 Å². The van der Waals surface area contributed by atoms with Crippen LogP contribution in [0.15, 0.2) is 77.7 Å². The minimum Gasteiger partial charge on any atom is -0.350 e. The first-order chi connectivity index (χ1) is 19.1. The van der Waals surface area contributed by atoms with E-state index in [2.05, 4.69) is 5.32 Å². The number of carbonyl (C=O) groups is 2. The lowest BCUT2D eigenvalue weighted by molar-refractivity contribution is -0.140. The van der Waals surface area contributed by atoms with Gasteiger partial charge in [0.25, 0.3) is 10.0 Å². The Morgan fingerprint density at radius 2 is 1.51 bits per heavy atom. The zero-order chi connectivity index (χ0) is 30.5. The predicted octanol–water partition coefficient (Wildman–Crippen LogP) is 6.64. The maximum atomic E-state index is 14.0. The first kappa shape index (κ1) is 32.4. The smallest absolute Gasteiger partial charge is 0.264 e. The molecule has 0 aliphatic heterocycles. The molecule has 2 amide bonds. The molecule has 3 aromatic carbocycles. The van der Waals surface area contributed by atoms with Gasteiger partial charge in [-0.15, -0.1) is 0 Å². The van der Waals surface area contributed by atoms with Crippen LogP contribution in [-0.4, -0.2) is 43.3 Å². The summed E-state index contributed by atoms with van der Waals surface area (Å²) in [7, 11) is -4.14. The van der Waals surface area contributed by atoms with Crippen molar-refractivity contribution >= 4 is 50.7 Å². The van der Waals surface area contributed by atoms with Gasteiger partial charge in [0.05, 0.1) is 10.6 Å². The van der Waals surface area contributed by atoms with Crippen molar-refractivity contribution in [2.75, 3.05) is 10.8 Å². The highest BCUT2D eigenvalue weighted by Crippen LogP contribution is 2.28. The van der Waals surface area contributed by atoms with Gasteiger partial charge in [-0.1, -0.05) is 73.4 Å². The quantitative estimate of drug-likeness (QED) is 0.276. The molecular formula is C31H37Cl2N3O4S. The molecule has 0 aliphatic rings. The first-order valence-corrected chi connectivity index (χ1v) is 15.5. The fraction of sp³-hybridized carbons (Fsp3) is 0.355. The van der Waals surface area contributed by atoms with Gasteiger partial charge in [0.15, 0.2) is 0 Å². The van der Waals surface area contributed by atoms with Crippen molar-refractivity contribution in [3.8, 4) is 0 Å². The van der Waals surface area contributed by atoms with E-state index in [4.69, 9.17) is 23.2 Å². The lowest BCUT2D eigenvalue weighted by Gasteiger charge is -2.33. The highest BCUT2D eigenvalue weighted by atomic mass is 35.5. The molecule has 1 unspecified atom stereocenters. The molecular weight excluding hydrogens is 581 g/mol. The fourth-order valence-electron chi connectivity index (χ4n) is 4.16. The Morgan fingerprint density at radius 3 is 2.05 bits per heavy atom. The summed E-state index contributed by atoms with van der Waals surface area (Å²) in [5.41, 5.74) is 1.39. The molecule has 3 rings (SSSR count). The van der Waals surface area contributed by atoms with Gasteiger partial charge in [-0.2, -0.15) is 0 Å². The van der Waals surface area contributed by atoms with Gasteiger partial charge in [0.2, 0.25) is 11.8 Å². The lowest BCUT2D eigenvalue weighted by Crippen LogP contribution is -2.54. The van der Waals surface area contributed by atoms with Crippen LogP contribution in [0.4, 0.5) is 5.69 Å². The zero-order valence-corrected chi connectivity index (χ0v) is 26.5. The Hall–Kier alpha value is -3.07. The molecule has 0 saturated carbocycles. The second-order valence-electron chi connectivity index (χ2n) is 11.2. The number of hydrogen-bond donors (Lipinski definition) is 1. The number of halogens is 2. The van der Waals surface area contributed by atoms with Gasteiger partial charge < -0.3 is 10.2 Å². The lowest BCUT2D eigenvalue weighted by atomic mass is 10.0. The SMILES string of the molecule is CC(C)c1ccc(N(CC(=O)N(Cc2ccc(Cl)cc2Cl)C(C)C(=O)NC(C)(C)C)S(=O)(=O)c2ccccc2)cc1. The fourth-order valence-corrected chi connectivity index (χ4v) is 6.07. The van der Waals surface area contributed by atoms with Crippen LogP contribution >= 0.6 is 23.2 Å². The van der Waals surface area contributed by atoms with Crippen LogP contribution < -0.4 is 9.62 Å². The first-order valence-electron chi connectivity index (χ1n) is 13.3. The second kappa shape index (κ2) is 13.3. The van der Waals surface area contributed by atoms with Crippen molar-refractivity contribution in [3.05, 3.63) is 94.0 Å². The molecule has 0 spiro atoms. The molecule has 10 heteroatoms. The van der Waals surface area contributed by atoms with E-state index in [-0.39, 0.29) is 23.3 Å². The normalized spacial score (nSPS) is 12.6. The van der Waals surface area contributed by atoms with E-state index >= 15 is 0 Å². The highest BCUT2D eigenvalue weighted by Gasteiger charge is 2.33. The molecule has 0 bridgehead atoms. The number of carbonyl (C=O) groups excluding carboxylic acids is 2. The third-order valence-electron chi connectivity index (χ3n) is 6.48. The van der Waals surface area contributed by atoms with Crippen molar-refractivity contribution < 1.29 is 18.0 Å². The molecule has 1 atom stereocenters. The third-order valence-corrected chi connectivity index (χ3v) is 8.85. The molecule has 0 radical (unpaired) electrons. The number of amides is 2. The van der Waals surface area contributed by atoms with Crippen molar-refractivity contribution in [3.63, 3.8) is 0 Å². The number of benzene rings is 3. The maximum Gasteiger partial charge on any atom is 0.264 e. The van der Waals surface area contributed by atoms with Crippen LogP contribution in [0.5, 0.6) is 0 Å². The van der Waals surface area contributed by atoms with Gasteiger partial charge in [-0.25, -0.2) is 8.42 Å². The molecule has 0 aromatic heterocycles. The van der Waals surface area contributed by atoms with Crippen molar-refractivity contribution in [2.24, 2.45) is 0 Å². The van der Waals surface area contributed by atoms with E-state index in [1.54, 1.807) is 55.5 Å². The van der Waals surface area contributed by atoms with E-state index in [9.17, 15) is 18.0 Å². The number of nitrogens with zero attached hydrogens (tertiary/aromatic N) is 2. The topological polar surface area (TPSA) is 86.8 Å². The van der Waals surface area contributed by atoms with Crippen LogP contribution in [0, 0.1) is 0 Å². The monoisotopic (exact) mass is 617 g/mol. The minimum absolute atomic E-state index is 0.0287. The number of sulfonamides is 1. The van der Waals surface area contributed by atoms with Gasteiger partial charge in [-0.3, -0.25) is 13.9 Å². The molecule has 0 saturated heterocycles. The van der Waals surface area contributed by atoms with Gasteiger partial charge in [0, 0.05) is 22.1 Å². The summed E-state index contributed by atoms with van der Waals surface area (Å²) in [5, 5.41) is 3.66. The molecule has 41 heavy (non-hydrogen) atoms. The van der Waals surface area contributed by atoms with Crippen LogP contribution in [-0.2, 0) is 26.2 Å². The number of nitrogens with one attached hydrogen (secondary N) is 1.